The van der Waals surface area contributed by atoms with Gasteiger partial charge in [-0.2, -0.15) is 0 Å². The van der Waals surface area contributed by atoms with Gasteiger partial charge in [0.05, 0.1) is 0 Å². The Labute approximate surface area is 94.7 Å². The molecule has 15 heavy (non-hydrogen) atoms. The van der Waals surface area contributed by atoms with Crippen molar-refractivity contribution in [1.29, 1.82) is 0 Å². The predicted octanol–water partition coefficient (Wildman–Crippen LogP) is 2.12. The van der Waals surface area contributed by atoms with Gasteiger partial charge in [-0.15, -0.1) is 22.5 Å². The zero-order chi connectivity index (χ0) is 10.5. The average molecular weight is 221 g/mol. The second-order valence-corrected chi connectivity index (χ2v) is 4.73. The van der Waals surface area contributed by atoms with Gasteiger partial charge in [0.1, 0.15) is 5.82 Å². The Hall–Kier alpha value is -0.950. The number of aryl methyl sites for hydroxylation is 1. The Morgan fingerprint density at radius 2 is 2.27 bits per heavy atom. The van der Waals surface area contributed by atoms with Crippen molar-refractivity contribution in [2.24, 2.45) is 0 Å². The van der Waals surface area contributed by atoms with Crippen molar-refractivity contribution in [3.63, 3.8) is 0 Å². The summed E-state index contributed by atoms with van der Waals surface area (Å²) >= 11 is 1.72. The first-order valence-electron chi connectivity index (χ1n) is 5.40. The van der Waals surface area contributed by atoms with Crippen LogP contribution in [-0.2, 0) is 13.0 Å². The molecule has 80 valence electrons. The summed E-state index contributed by atoms with van der Waals surface area (Å²) in [6, 6.07) is 0. The van der Waals surface area contributed by atoms with E-state index in [1.807, 2.05) is 0 Å². The minimum absolute atomic E-state index is 0.798. The maximum atomic E-state index is 5.22. The number of terminal acetylenes is 1. The summed E-state index contributed by atoms with van der Waals surface area (Å²) in [5.41, 5.74) is 0. The van der Waals surface area contributed by atoms with E-state index >= 15 is 0 Å². The molecule has 0 N–H and O–H groups in total. The molecular weight excluding hydrogens is 206 g/mol. The SMILES string of the molecule is C#CCCSc1nnc2n1CCCCC2. The second kappa shape index (κ2) is 5.22. The predicted molar refractivity (Wildman–Crippen MR) is 61.8 cm³/mol. The molecule has 0 aromatic carbocycles. The van der Waals surface area contributed by atoms with E-state index < -0.39 is 0 Å². The van der Waals surface area contributed by atoms with Crippen LogP contribution in [0, 0.1) is 12.3 Å². The highest BCUT2D eigenvalue weighted by Crippen LogP contribution is 2.21. The molecule has 2 rings (SSSR count). The summed E-state index contributed by atoms with van der Waals surface area (Å²) in [4.78, 5) is 0. The van der Waals surface area contributed by atoms with Crippen molar-refractivity contribution < 1.29 is 0 Å². The fraction of sp³-hybridized carbons (Fsp3) is 0.636. The van der Waals surface area contributed by atoms with Gasteiger partial charge in [0, 0.05) is 25.1 Å². The lowest BCUT2D eigenvalue weighted by atomic mass is 10.2. The highest BCUT2D eigenvalue weighted by Gasteiger charge is 2.14. The summed E-state index contributed by atoms with van der Waals surface area (Å²) in [5, 5.41) is 9.50. The fourth-order valence-corrected chi connectivity index (χ4v) is 2.62. The highest BCUT2D eigenvalue weighted by atomic mass is 32.2. The molecule has 0 radical (unpaired) electrons. The monoisotopic (exact) mass is 221 g/mol. The van der Waals surface area contributed by atoms with E-state index in [4.69, 9.17) is 6.42 Å². The number of thioether (sulfide) groups is 1. The third kappa shape index (κ3) is 2.54. The molecule has 0 spiro atoms. The summed E-state index contributed by atoms with van der Waals surface area (Å²) in [6.07, 6.45) is 10.9. The number of rotatable bonds is 3. The first-order chi connectivity index (χ1) is 7.42. The van der Waals surface area contributed by atoms with Crippen LogP contribution in [0.2, 0.25) is 0 Å². The van der Waals surface area contributed by atoms with Crippen molar-refractivity contribution in [2.45, 2.75) is 43.8 Å². The quantitative estimate of drug-likeness (QED) is 0.445. The molecule has 0 atom stereocenters. The molecule has 0 unspecified atom stereocenters. The maximum absolute atomic E-state index is 5.22. The van der Waals surface area contributed by atoms with Crippen molar-refractivity contribution in [3.8, 4) is 12.3 Å². The third-order valence-electron chi connectivity index (χ3n) is 2.55. The average Bonchev–Trinajstić information content (AvgIpc) is 2.50. The molecule has 0 amide bonds. The molecule has 1 aliphatic heterocycles. The van der Waals surface area contributed by atoms with Crippen molar-refractivity contribution >= 4 is 11.8 Å². The van der Waals surface area contributed by atoms with E-state index in [9.17, 15) is 0 Å². The van der Waals surface area contributed by atoms with Gasteiger partial charge in [-0.05, 0) is 12.8 Å². The molecule has 4 heteroatoms. The minimum atomic E-state index is 0.798. The Balaban J connectivity index is 2.05. The normalized spacial score (nSPS) is 15.4. The standard InChI is InChI=1S/C11H15N3S/c1-2-3-9-15-11-13-12-10-7-5-4-6-8-14(10)11/h1H,3-9H2. The van der Waals surface area contributed by atoms with Gasteiger partial charge in [0.15, 0.2) is 5.16 Å². The van der Waals surface area contributed by atoms with Gasteiger partial charge < -0.3 is 4.57 Å². The summed E-state index contributed by atoms with van der Waals surface area (Å²) in [7, 11) is 0. The number of hydrogen-bond acceptors (Lipinski definition) is 3. The zero-order valence-corrected chi connectivity index (χ0v) is 9.59. The first-order valence-corrected chi connectivity index (χ1v) is 6.38. The smallest absolute Gasteiger partial charge is 0.191 e. The summed E-state index contributed by atoms with van der Waals surface area (Å²) in [6.45, 7) is 1.07. The van der Waals surface area contributed by atoms with Gasteiger partial charge in [-0.25, -0.2) is 0 Å². The van der Waals surface area contributed by atoms with Crippen LogP contribution in [0.25, 0.3) is 0 Å². The molecule has 0 fully saturated rings. The topological polar surface area (TPSA) is 30.7 Å². The molecule has 0 saturated carbocycles. The van der Waals surface area contributed by atoms with Crippen molar-refractivity contribution in [2.75, 3.05) is 5.75 Å². The lowest BCUT2D eigenvalue weighted by molar-refractivity contribution is 0.591. The Morgan fingerprint density at radius 1 is 1.33 bits per heavy atom. The van der Waals surface area contributed by atoms with Gasteiger partial charge in [0.25, 0.3) is 0 Å². The number of aromatic nitrogens is 3. The molecule has 0 bridgehead atoms. The van der Waals surface area contributed by atoms with E-state index in [-0.39, 0.29) is 0 Å². The summed E-state index contributed by atoms with van der Waals surface area (Å²) in [5.74, 6) is 4.73. The molecular formula is C11H15N3S. The van der Waals surface area contributed by atoms with E-state index in [1.165, 1.54) is 19.3 Å². The molecule has 0 aliphatic carbocycles. The fourth-order valence-electron chi connectivity index (χ4n) is 1.77. The van der Waals surface area contributed by atoms with E-state index in [0.29, 0.717) is 0 Å². The summed E-state index contributed by atoms with van der Waals surface area (Å²) < 4.78 is 2.26. The lowest BCUT2D eigenvalue weighted by Crippen LogP contribution is -2.02. The Kier molecular flexibility index (Phi) is 3.68. The van der Waals surface area contributed by atoms with Gasteiger partial charge in [0.2, 0.25) is 0 Å². The third-order valence-corrected chi connectivity index (χ3v) is 3.52. The van der Waals surface area contributed by atoms with Gasteiger partial charge >= 0.3 is 0 Å². The van der Waals surface area contributed by atoms with E-state index in [1.54, 1.807) is 11.8 Å². The lowest BCUT2D eigenvalue weighted by Gasteiger charge is -2.04. The van der Waals surface area contributed by atoms with Crippen LogP contribution in [-0.4, -0.2) is 20.5 Å². The Morgan fingerprint density at radius 3 is 3.13 bits per heavy atom. The van der Waals surface area contributed by atoms with E-state index in [2.05, 4.69) is 20.7 Å². The number of hydrogen-bond donors (Lipinski definition) is 0. The molecule has 3 nitrogen and oxygen atoms in total. The molecule has 1 aromatic heterocycles. The molecule has 0 saturated heterocycles. The highest BCUT2D eigenvalue weighted by molar-refractivity contribution is 7.99. The van der Waals surface area contributed by atoms with Crippen LogP contribution in [0.3, 0.4) is 0 Å². The van der Waals surface area contributed by atoms with Crippen molar-refractivity contribution in [1.82, 2.24) is 14.8 Å². The largest absolute Gasteiger partial charge is 0.306 e. The minimum Gasteiger partial charge on any atom is -0.306 e. The number of nitrogens with zero attached hydrogens (tertiary/aromatic N) is 3. The molecule has 1 aliphatic rings. The first kappa shape index (κ1) is 10.6. The van der Waals surface area contributed by atoms with Crippen LogP contribution >= 0.6 is 11.8 Å². The number of fused-ring (bicyclic) bond motifs is 1. The van der Waals surface area contributed by atoms with Crippen molar-refractivity contribution in [3.05, 3.63) is 5.82 Å². The van der Waals surface area contributed by atoms with Gasteiger partial charge in [-0.1, -0.05) is 18.2 Å². The molecule has 2 heterocycles. The van der Waals surface area contributed by atoms with Crippen LogP contribution in [0.1, 0.15) is 31.5 Å². The maximum Gasteiger partial charge on any atom is 0.191 e. The van der Waals surface area contributed by atoms with Crippen LogP contribution in [0.15, 0.2) is 5.16 Å². The van der Waals surface area contributed by atoms with Gasteiger partial charge in [-0.3, -0.25) is 0 Å². The van der Waals surface area contributed by atoms with E-state index in [0.717, 1.165) is 36.1 Å². The van der Waals surface area contributed by atoms with Crippen LogP contribution in [0.4, 0.5) is 0 Å². The second-order valence-electron chi connectivity index (χ2n) is 3.66. The zero-order valence-electron chi connectivity index (χ0n) is 8.78. The van der Waals surface area contributed by atoms with Crippen LogP contribution < -0.4 is 0 Å². The van der Waals surface area contributed by atoms with Crippen LogP contribution in [0.5, 0.6) is 0 Å². The Bertz CT molecular complexity index is 364. The molecule has 1 aromatic rings.